The summed E-state index contributed by atoms with van der Waals surface area (Å²) in [5.41, 5.74) is 4.00. The fraction of sp³-hybridized carbons (Fsp3) is 0.269. The van der Waals surface area contributed by atoms with Gasteiger partial charge in [-0.3, -0.25) is 9.78 Å². The maximum Gasteiger partial charge on any atom is 0.253 e. The summed E-state index contributed by atoms with van der Waals surface area (Å²) in [6, 6.07) is 12.1. The zero-order chi connectivity index (χ0) is 24.2. The lowest BCUT2D eigenvalue weighted by Gasteiger charge is -2.49. The van der Waals surface area contributed by atoms with Crippen LogP contribution in [0.1, 0.15) is 23.4 Å². The third-order valence-electron chi connectivity index (χ3n) is 7.08. The quantitative estimate of drug-likeness (QED) is 0.484. The summed E-state index contributed by atoms with van der Waals surface area (Å²) in [7, 11) is 3.77. The van der Waals surface area contributed by atoms with E-state index in [9.17, 15) is 4.79 Å². The lowest BCUT2D eigenvalue weighted by molar-refractivity contribution is -0.124. The number of carbonyl (C=O) groups excluding carboxylic acids is 1. The molecule has 3 aromatic heterocycles. The van der Waals surface area contributed by atoms with Crippen molar-refractivity contribution in [3.63, 3.8) is 0 Å². The topological polar surface area (TPSA) is 100 Å². The average molecular weight is 468 g/mol. The summed E-state index contributed by atoms with van der Waals surface area (Å²) in [5, 5.41) is 3.23. The SMILES string of the molecule is Cc1ncc(-c2ccc(Nc3ncc4c(n3)N(C)C3(CCc5ccccc5C3)C(=O)N4C)cn2)o1. The Labute approximate surface area is 202 Å². The molecule has 0 saturated carbocycles. The molecule has 1 aliphatic carbocycles. The number of likely N-dealkylation sites (N-methyl/N-ethyl adjacent to an activating group) is 2. The lowest BCUT2D eigenvalue weighted by atomic mass is 9.75. The Balaban J connectivity index is 1.30. The highest BCUT2D eigenvalue weighted by Gasteiger charge is 2.51. The van der Waals surface area contributed by atoms with Gasteiger partial charge in [0, 0.05) is 27.4 Å². The van der Waals surface area contributed by atoms with Gasteiger partial charge in [0.1, 0.15) is 16.9 Å². The summed E-state index contributed by atoms with van der Waals surface area (Å²) < 4.78 is 5.54. The Morgan fingerprint density at radius 1 is 1.00 bits per heavy atom. The number of nitrogens with one attached hydrogen (secondary N) is 1. The molecular formula is C26H25N7O2. The zero-order valence-electron chi connectivity index (χ0n) is 19.8. The number of carbonyl (C=O) groups is 1. The van der Waals surface area contributed by atoms with E-state index >= 15 is 0 Å². The first-order chi connectivity index (χ1) is 16.9. The second-order valence-corrected chi connectivity index (χ2v) is 9.10. The molecule has 1 spiro atoms. The van der Waals surface area contributed by atoms with E-state index in [-0.39, 0.29) is 5.91 Å². The monoisotopic (exact) mass is 467 g/mol. The number of pyridine rings is 1. The van der Waals surface area contributed by atoms with Crippen LogP contribution in [0.4, 0.5) is 23.1 Å². The van der Waals surface area contributed by atoms with Crippen LogP contribution in [0.15, 0.2) is 59.4 Å². The summed E-state index contributed by atoms with van der Waals surface area (Å²) in [4.78, 5) is 35.2. The second kappa shape index (κ2) is 7.90. The number of anilines is 4. The minimum absolute atomic E-state index is 0.0775. The molecule has 0 fully saturated rings. The van der Waals surface area contributed by atoms with Crippen molar-refractivity contribution >= 4 is 29.0 Å². The highest BCUT2D eigenvalue weighted by molar-refractivity contribution is 6.07. The normalized spacial score (nSPS) is 19.0. The zero-order valence-corrected chi connectivity index (χ0v) is 19.8. The van der Waals surface area contributed by atoms with Gasteiger partial charge in [0.15, 0.2) is 17.5 Å². The van der Waals surface area contributed by atoms with Gasteiger partial charge in [-0.2, -0.15) is 4.98 Å². The van der Waals surface area contributed by atoms with E-state index in [0.717, 1.165) is 24.3 Å². The van der Waals surface area contributed by atoms with Crippen LogP contribution >= 0.6 is 0 Å². The minimum Gasteiger partial charge on any atom is -0.439 e. The minimum atomic E-state index is -0.667. The van der Waals surface area contributed by atoms with Crippen molar-refractivity contribution in [3.8, 4) is 11.5 Å². The number of hydrogen-bond acceptors (Lipinski definition) is 8. The van der Waals surface area contributed by atoms with Crippen molar-refractivity contribution in [1.29, 1.82) is 0 Å². The molecule has 1 aromatic carbocycles. The molecular weight excluding hydrogens is 442 g/mol. The molecule has 4 heterocycles. The molecule has 0 radical (unpaired) electrons. The van der Waals surface area contributed by atoms with Crippen LogP contribution in [0.3, 0.4) is 0 Å². The number of aromatic nitrogens is 4. The number of nitrogens with zero attached hydrogens (tertiary/aromatic N) is 6. The molecule has 9 heteroatoms. The molecule has 1 amide bonds. The van der Waals surface area contributed by atoms with E-state index in [4.69, 9.17) is 9.40 Å². The Hall–Kier alpha value is -4.27. The Kier molecular flexibility index (Phi) is 4.80. The van der Waals surface area contributed by atoms with Crippen molar-refractivity contribution in [2.45, 2.75) is 31.7 Å². The first-order valence-electron chi connectivity index (χ1n) is 11.6. The van der Waals surface area contributed by atoms with Gasteiger partial charge in [0.25, 0.3) is 5.91 Å². The van der Waals surface area contributed by atoms with E-state index in [0.29, 0.717) is 35.4 Å². The molecule has 1 aliphatic heterocycles. The van der Waals surface area contributed by atoms with Crippen LogP contribution in [0.25, 0.3) is 11.5 Å². The second-order valence-electron chi connectivity index (χ2n) is 9.10. The molecule has 1 atom stereocenters. The van der Waals surface area contributed by atoms with E-state index in [1.54, 1.807) is 37.5 Å². The molecule has 6 rings (SSSR count). The number of amides is 1. The van der Waals surface area contributed by atoms with E-state index in [2.05, 4.69) is 38.5 Å². The molecule has 9 nitrogen and oxygen atoms in total. The van der Waals surface area contributed by atoms with Crippen LogP contribution in [0.5, 0.6) is 0 Å². The summed E-state index contributed by atoms with van der Waals surface area (Å²) in [5.74, 6) is 2.46. The Morgan fingerprint density at radius 2 is 1.83 bits per heavy atom. The van der Waals surface area contributed by atoms with Crippen LogP contribution in [0.2, 0.25) is 0 Å². The van der Waals surface area contributed by atoms with Crippen molar-refractivity contribution in [2.75, 3.05) is 29.2 Å². The van der Waals surface area contributed by atoms with Gasteiger partial charge in [-0.05, 0) is 36.1 Å². The fourth-order valence-corrected chi connectivity index (χ4v) is 5.09. The predicted octanol–water partition coefficient (Wildman–Crippen LogP) is 3.92. The van der Waals surface area contributed by atoms with Crippen molar-refractivity contribution in [2.24, 2.45) is 0 Å². The maximum absolute atomic E-state index is 13.6. The number of aryl methyl sites for hydroxylation is 2. The first kappa shape index (κ1) is 21.3. The van der Waals surface area contributed by atoms with E-state index < -0.39 is 5.54 Å². The molecule has 0 saturated heterocycles. The first-order valence-corrected chi connectivity index (χ1v) is 11.6. The Bertz CT molecular complexity index is 1430. The third kappa shape index (κ3) is 3.42. The number of oxazole rings is 1. The van der Waals surface area contributed by atoms with Gasteiger partial charge in [-0.15, -0.1) is 0 Å². The van der Waals surface area contributed by atoms with Crippen molar-refractivity contribution in [1.82, 2.24) is 19.9 Å². The van der Waals surface area contributed by atoms with E-state index in [1.165, 1.54) is 11.1 Å². The largest absolute Gasteiger partial charge is 0.439 e. The molecule has 4 aromatic rings. The summed E-state index contributed by atoms with van der Waals surface area (Å²) >= 11 is 0. The third-order valence-corrected chi connectivity index (χ3v) is 7.08. The summed E-state index contributed by atoms with van der Waals surface area (Å²) in [6.07, 6.45) is 7.31. The number of benzene rings is 1. The average Bonchev–Trinajstić information content (AvgIpc) is 3.33. The molecule has 0 bridgehead atoms. The number of fused-ring (bicyclic) bond motifs is 2. The van der Waals surface area contributed by atoms with Crippen molar-refractivity contribution < 1.29 is 9.21 Å². The van der Waals surface area contributed by atoms with E-state index in [1.807, 2.05) is 30.1 Å². The lowest BCUT2D eigenvalue weighted by Crippen LogP contribution is -2.64. The maximum atomic E-state index is 13.6. The van der Waals surface area contributed by atoms with Gasteiger partial charge >= 0.3 is 0 Å². The highest BCUT2D eigenvalue weighted by Crippen LogP contribution is 2.43. The van der Waals surface area contributed by atoms with Crippen LogP contribution in [-0.4, -0.2) is 45.5 Å². The van der Waals surface area contributed by atoms with Crippen LogP contribution in [0, 0.1) is 6.92 Å². The van der Waals surface area contributed by atoms with Gasteiger partial charge in [-0.25, -0.2) is 9.97 Å². The molecule has 1 N–H and O–H groups in total. The fourth-order valence-electron chi connectivity index (χ4n) is 5.09. The standard InChI is InChI=1S/C26H25N7O2/c1-16-27-15-22(35-16)20-9-8-19(13-28-20)30-25-29-14-21-23(31-25)33(3)26(24(34)32(21)2)11-10-17-6-4-5-7-18(17)12-26/h4-9,13-15H,10-12H2,1-3H3,(H,29,30,31). The van der Waals surface area contributed by atoms with Crippen LogP contribution < -0.4 is 15.1 Å². The predicted molar refractivity (Wildman–Crippen MR) is 133 cm³/mol. The van der Waals surface area contributed by atoms with Crippen molar-refractivity contribution in [3.05, 3.63) is 72.0 Å². The molecule has 176 valence electrons. The highest BCUT2D eigenvalue weighted by atomic mass is 16.4. The summed E-state index contributed by atoms with van der Waals surface area (Å²) in [6.45, 7) is 1.80. The smallest absolute Gasteiger partial charge is 0.253 e. The van der Waals surface area contributed by atoms with Gasteiger partial charge < -0.3 is 19.5 Å². The Morgan fingerprint density at radius 3 is 2.57 bits per heavy atom. The molecule has 35 heavy (non-hydrogen) atoms. The van der Waals surface area contributed by atoms with Gasteiger partial charge in [0.05, 0.1) is 24.3 Å². The molecule has 2 aliphatic rings. The van der Waals surface area contributed by atoms with Gasteiger partial charge in [0.2, 0.25) is 5.95 Å². The van der Waals surface area contributed by atoms with Gasteiger partial charge in [-0.1, -0.05) is 24.3 Å². The number of rotatable bonds is 3. The van der Waals surface area contributed by atoms with Crippen LogP contribution in [-0.2, 0) is 17.6 Å². The molecule has 1 unspecified atom stereocenters. The number of hydrogen-bond donors (Lipinski definition) is 1.